The molecule has 0 aliphatic heterocycles. The van der Waals surface area contributed by atoms with Gasteiger partial charge in [0.1, 0.15) is 22.8 Å². The Hall–Kier alpha value is -2.63. The molecule has 4 rings (SSSR count). The molecule has 0 spiro atoms. The number of rotatable bonds is 6. The first-order valence-electron chi connectivity index (χ1n) is 9.78. The van der Waals surface area contributed by atoms with Crippen molar-refractivity contribution < 1.29 is 4.79 Å². The summed E-state index contributed by atoms with van der Waals surface area (Å²) in [6.07, 6.45) is 4.19. The first-order chi connectivity index (χ1) is 14.4. The largest absolute Gasteiger partial charge is 0.301 e. The van der Waals surface area contributed by atoms with E-state index in [1.165, 1.54) is 0 Å². The molecule has 0 fully saturated rings. The van der Waals surface area contributed by atoms with E-state index in [1.807, 2.05) is 43.3 Å². The van der Waals surface area contributed by atoms with Gasteiger partial charge in [-0.1, -0.05) is 54.9 Å². The normalized spacial score (nSPS) is 12.3. The number of halogens is 1. The average molecular weight is 436 g/mol. The molecule has 1 unspecified atom stereocenters. The zero-order valence-electron chi connectivity index (χ0n) is 17.1. The Morgan fingerprint density at radius 3 is 2.63 bits per heavy atom. The smallest absolute Gasteiger partial charge is 0.149 e. The summed E-state index contributed by atoms with van der Waals surface area (Å²) < 4.78 is 2.06. The molecule has 4 nitrogen and oxygen atoms in total. The van der Waals surface area contributed by atoms with Crippen LogP contribution in [0.15, 0.2) is 66.1 Å². The fourth-order valence-corrected chi connectivity index (χ4v) is 4.83. The number of aromatic nitrogens is 3. The van der Waals surface area contributed by atoms with Crippen LogP contribution in [0.2, 0.25) is 5.02 Å². The lowest BCUT2D eigenvalue weighted by Gasteiger charge is -2.11. The Labute approximate surface area is 185 Å². The lowest BCUT2D eigenvalue weighted by molar-refractivity contribution is -0.116. The third-order valence-corrected chi connectivity index (χ3v) is 6.46. The van der Waals surface area contributed by atoms with E-state index >= 15 is 0 Å². The summed E-state index contributed by atoms with van der Waals surface area (Å²) in [5.41, 5.74) is 4.95. The third kappa shape index (κ3) is 4.13. The molecule has 0 radical (unpaired) electrons. The number of nitrogens with zero attached hydrogens (tertiary/aromatic N) is 3. The van der Waals surface area contributed by atoms with E-state index in [1.54, 1.807) is 25.0 Å². The summed E-state index contributed by atoms with van der Waals surface area (Å²) in [5.74, 6) is 0.176. The molecule has 152 valence electrons. The van der Waals surface area contributed by atoms with Crippen LogP contribution in [0.3, 0.4) is 0 Å². The van der Waals surface area contributed by atoms with Crippen LogP contribution in [-0.2, 0) is 4.79 Å². The zero-order valence-corrected chi connectivity index (χ0v) is 18.7. The molecule has 2 aromatic carbocycles. The van der Waals surface area contributed by atoms with Crippen molar-refractivity contribution in [1.29, 1.82) is 0 Å². The molecule has 0 amide bonds. The molecule has 4 aromatic rings. The van der Waals surface area contributed by atoms with Crippen molar-refractivity contribution in [3.05, 3.63) is 71.6 Å². The van der Waals surface area contributed by atoms with Crippen LogP contribution < -0.4 is 0 Å². The molecule has 2 heterocycles. The van der Waals surface area contributed by atoms with Gasteiger partial charge in [0.05, 0.1) is 5.39 Å². The van der Waals surface area contributed by atoms with Crippen molar-refractivity contribution in [2.24, 2.45) is 0 Å². The van der Waals surface area contributed by atoms with E-state index in [-0.39, 0.29) is 11.0 Å². The van der Waals surface area contributed by atoms with Gasteiger partial charge in [0.25, 0.3) is 0 Å². The fraction of sp³-hybridized carbons (Fsp3) is 0.208. The van der Waals surface area contributed by atoms with Gasteiger partial charge in [-0.2, -0.15) is 0 Å². The number of fused-ring (bicyclic) bond motifs is 1. The Morgan fingerprint density at radius 1 is 1.17 bits per heavy atom. The van der Waals surface area contributed by atoms with Crippen LogP contribution in [0.5, 0.6) is 0 Å². The molecule has 0 saturated carbocycles. The first kappa shape index (κ1) is 20.6. The van der Waals surface area contributed by atoms with Gasteiger partial charge >= 0.3 is 0 Å². The summed E-state index contributed by atoms with van der Waals surface area (Å²) in [6.45, 7) is 5.67. The number of hydrogen-bond acceptors (Lipinski definition) is 4. The molecule has 2 aromatic heterocycles. The number of aryl methyl sites for hydroxylation is 1. The van der Waals surface area contributed by atoms with E-state index in [9.17, 15) is 4.79 Å². The Kier molecular flexibility index (Phi) is 5.93. The van der Waals surface area contributed by atoms with Gasteiger partial charge in [0.15, 0.2) is 0 Å². The maximum Gasteiger partial charge on any atom is 0.149 e. The topological polar surface area (TPSA) is 47.8 Å². The lowest BCUT2D eigenvalue weighted by Crippen LogP contribution is -2.04. The van der Waals surface area contributed by atoms with Gasteiger partial charge in [-0.05, 0) is 37.1 Å². The molecule has 6 heteroatoms. The number of benzene rings is 2. The maximum atomic E-state index is 11.6. The summed E-state index contributed by atoms with van der Waals surface area (Å²) in [5, 5.41) is 2.71. The Balaban J connectivity index is 1.93. The minimum Gasteiger partial charge on any atom is -0.301 e. The third-order valence-electron chi connectivity index (χ3n) is 4.95. The second-order valence-electron chi connectivity index (χ2n) is 7.42. The standard InChI is InChI=1S/C24H22ClN3OS/c1-15-9-10-19(12-21(15)25)28-13-20(18-7-5-4-6-8-18)22-23(28)26-14-27-24(22)30-17(3)11-16(2)29/h4-10,12-14,17H,11H2,1-3H3. The molecule has 0 saturated heterocycles. The lowest BCUT2D eigenvalue weighted by atomic mass is 10.1. The van der Waals surface area contributed by atoms with Crippen LogP contribution in [0.25, 0.3) is 27.8 Å². The van der Waals surface area contributed by atoms with Crippen LogP contribution >= 0.6 is 23.4 Å². The summed E-state index contributed by atoms with van der Waals surface area (Å²) >= 11 is 8.02. The maximum absolute atomic E-state index is 11.6. The molecule has 0 aliphatic carbocycles. The van der Waals surface area contributed by atoms with Crippen LogP contribution in [0, 0.1) is 6.92 Å². The minimum absolute atomic E-state index is 0.126. The van der Waals surface area contributed by atoms with Crippen LogP contribution in [0.1, 0.15) is 25.8 Å². The van der Waals surface area contributed by atoms with E-state index < -0.39 is 0 Å². The van der Waals surface area contributed by atoms with Crippen molar-refractivity contribution in [2.75, 3.05) is 0 Å². The zero-order chi connectivity index (χ0) is 21.3. The van der Waals surface area contributed by atoms with E-state index in [0.717, 1.165) is 38.4 Å². The van der Waals surface area contributed by atoms with Crippen molar-refractivity contribution in [2.45, 2.75) is 37.5 Å². The average Bonchev–Trinajstić information content (AvgIpc) is 3.11. The number of carbonyl (C=O) groups is 1. The molecular weight excluding hydrogens is 414 g/mol. The monoisotopic (exact) mass is 435 g/mol. The molecule has 30 heavy (non-hydrogen) atoms. The van der Waals surface area contributed by atoms with Gasteiger partial charge in [-0.15, -0.1) is 11.8 Å². The number of ketones is 1. The highest BCUT2D eigenvalue weighted by Crippen LogP contribution is 2.38. The number of carbonyl (C=O) groups excluding carboxylic acids is 1. The first-order valence-corrected chi connectivity index (χ1v) is 11.0. The quantitative estimate of drug-likeness (QED) is 0.256. The van der Waals surface area contributed by atoms with Gasteiger partial charge in [0.2, 0.25) is 0 Å². The van der Waals surface area contributed by atoms with E-state index in [4.69, 9.17) is 11.6 Å². The molecule has 0 bridgehead atoms. The predicted molar refractivity (Wildman–Crippen MR) is 125 cm³/mol. The SMILES string of the molecule is CC(=O)CC(C)Sc1ncnc2c1c(-c1ccccc1)cn2-c1ccc(C)c(Cl)c1. The van der Waals surface area contributed by atoms with Crippen LogP contribution in [-0.4, -0.2) is 25.6 Å². The van der Waals surface area contributed by atoms with Gasteiger partial charge in [-0.25, -0.2) is 9.97 Å². The molecule has 0 N–H and O–H groups in total. The second kappa shape index (κ2) is 8.62. The van der Waals surface area contributed by atoms with Crippen molar-refractivity contribution >= 4 is 40.2 Å². The van der Waals surface area contributed by atoms with Crippen molar-refractivity contribution in [3.63, 3.8) is 0 Å². The summed E-state index contributed by atoms with van der Waals surface area (Å²) in [4.78, 5) is 20.8. The molecule has 0 aliphatic rings. The number of Topliss-reactive ketones (excluding diaryl/α,β-unsaturated/α-hetero) is 1. The number of hydrogen-bond donors (Lipinski definition) is 0. The minimum atomic E-state index is 0.126. The van der Waals surface area contributed by atoms with Gasteiger partial charge < -0.3 is 4.57 Å². The second-order valence-corrected chi connectivity index (χ2v) is 9.26. The van der Waals surface area contributed by atoms with E-state index in [2.05, 4.69) is 39.8 Å². The van der Waals surface area contributed by atoms with Crippen molar-refractivity contribution in [3.8, 4) is 16.8 Å². The highest BCUT2D eigenvalue weighted by molar-refractivity contribution is 8.00. The Bertz CT molecular complexity index is 1220. The van der Waals surface area contributed by atoms with Crippen molar-refractivity contribution in [1.82, 2.24) is 14.5 Å². The highest BCUT2D eigenvalue weighted by Gasteiger charge is 2.19. The summed E-state index contributed by atoms with van der Waals surface area (Å²) in [6, 6.07) is 16.2. The van der Waals surface area contributed by atoms with Gasteiger partial charge in [-0.3, -0.25) is 4.79 Å². The van der Waals surface area contributed by atoms with E-state index in [0.29, 0.717) is 11.4 Å². The Morgan fingerprint density at radius 2 is 1.93 bits per heavy atom. The predicted octanol–water partition coefficient (Wildman–Crippen LogP) is 6.51. The van der Waals surface area contributed by atoms with Gasteiger partial charge in [0, 0.05) is 34.1 Å². The highest BCUT2D eigenvalue weighted by atomic mass is 35.5. The molecular formula is C24H22ClN3OS. The summed E-state index contributed by atoms with van der Waals surface area (Å²) in [7, 11) is 0. The van der Waals surface area contributed by atoms with Crippen LogP contribution in [0.4, 0.5) is 0 Å². The fourth-order valence-electron chi connectivity index (χ4n) is 3.53. The number of thioether (sulfide) groups is 1. The molecule has 1 atom stereocenters.